The lowest BCUT2D eigenvalue weighted by Crippen LogP contribution is -2.56. The number of rotatable bonds is 15. The smallest absolute Gasteiger partial charge is 0.302 e. The van der Waals surface area contributed by atoms with Crippen molar-refractivity contribution in [2.75, 3.05) is 13.2 Å². The van der Waals surface area contributed by atoms with Crippen molar-refractivity contribution in [2.45, 2.75) is 57.8 Å². The molecule has 45 heavy (non-hydrogen) atoms. The minimum atomic E-state index is -0.643. The highest BCUT2D eigenvalue weighted by Gasteiger charge is 2.46. The van der Waals surface area contributed by atoms with Crippen LogP contribution in [-0.2, 0) is 59.6 Å². The van der Waals surface area contributed by atoms with E-state index >= 15 is 0 Å². The van der Waals surface area contributed by atoms with Crippen LogP contribution in [0.2, 0.25) is 0 Å². The van der Waals surface area contributed by atoms with Crippen molar-refractivity contribution in [3.05, 3.63) is 155 Å². The molecule has 0 amide bonds. The third-order valence-electron chi connectivity index (χ3n) is 7.36. The monoisotopic (exact) mass is 608 g/mol. The molecule has 1 heterocycles. The molecule has 0 aromatic heterocycles. The first kappa shape index (κ1) is 32.1. The first-order valence-corrected chi connectivity index (χ1v) is 15.2. The fourth-order valence-corrected chi connectivity index (χ4v) is 5.11. The summed E-state index contributed by atoms with van der Waals surface area (Å²) in [6.07, 6.45) is -0.543. The summed E-state index contributed by atoms with van der Waals surface area (Å²) < 4.78 is 38.0. The van der Waals surface area contributed by atoms with E-state index in [1.807, 2.05) is 121 Å². The Morgan fingerprint density at radius 2 is 1.07 bits per heavy atom. The van der Waals surface area contributed by atoms with Crippen LogP contribution in [0.3, 0.4) is 0 Å². The van der Waals surface area contributed by atoms with Crippen molar-refractivity contribution < 1.29 is 33.2 Å². The van der Waals surface area contributed by atoms with Crippen molar-refractivity contribution >= 4 is 5.97 Å². The van der Waals surface area contributed by atoms with Gasteiger partial charge in [-0.05, 0) is 28.3 Å². The molecule has 1 aliphatic rings. The summed E-state index contributed by atoms with van der Waals surface area (Å²) in [6.45, 7) is 3.10. The second kappa shape index (κ2) is 17.3. The molecule has 0 N–H and O–H groups in total. The summed E-state index contributed by atoms with van der Waals surface area (Å²) in [5.74, 6) is 0.131. The average molecular weight is 609 g/mol. The van der Waals surface area contributed by atoms with Gasteiger partial charge in [0.15, 0.2) is 6.10 Å². The standard InChI is InChI=1S/C38H40O7/c1-29(39)41-23-22-34-36(42-25-31-16-8-3-9-17-31)38(44-27-33-20-12-5-13-21-33)37(43-26-32-18-10-4-11-19-32)35(45-34)28-40-24-30-14-6-2-7-15-30/h2-22,35-38H,23-28H2,1H3/b34-22+/t35-,36+,37-,38+/m1/s1. The van der Waals surface area contributed by atoms with Crippen molar-refractivity contribution in [1.82, 2.24) is 0 Å². The van der Waals surface area contributed by atoms with Crippen LogP contribution in [-0.4, -0.2) is 43.6 Å². The van der Waals surface area contributed by atoms with Gasteiger partial charge in [-0.1, -0.05) is 121 Å². The van der Waals surface area contributed by atoms with Crippen molar-refractivity contribution in [2.24, 2.45) is 0 Å². The quantitative estimate of drug-likeness (QED) is 0.137. The first-order valence-electron chi connectivity index (χ1n) is 15.2. The molecule has 0 saturated carbocycles. The highest BCUT2D eigenvalue weighted by Crippen LogP contribution is 2.33. The van der Waals surface area contributed by atoms with Crippen LogP contribution in [0.5, 0.6) is 0 Å². The summed E-state index contributed by atoms with van der Waals surface area (Å²) in [6, 6.07) is 39.9. The summed E-state index contributed by atoms with van der Waals surface area (Å²) in [5.41, 5.74) is 4.12. The Bertz CT molecular complexity index is 1440. The molecule has 0 spiro atoms. The molecular weight excluding hydrogens is 568 g/mol. The van der Waals surface area contributed by atoms with Gasteiger partial charge in [-0.25, -0.2) is 0 Å². The van der Waals surface area contributed by atoms with E-state index in [1.165, 1.54) is 6.92 Å². The van der Waals surface area contributed by atoms with Gasteiger partial charge in [-0.2, -0.15) is 0 Å². The third kappa shape index (κ3) is 10.1. The highest BCUT2D eigenvalue weighted by atomic mass is 16.6. The van der Waals surface area contributed by atoms with Gasteiger partial charge in [0, 0.05) is 6.92 Å². The van der Waals surface area contributed by atoms with Gasteiger partial charge >= 0.3 is 5.97 Å². The van der Waals surface area contributed by atoms with E-state index in [0.717, 1.165) is 22.3 Å². The Balaban J connectivity index is 1.45. The molecule has 0 radical (unpaired) electrons. The lowest BCUT2D eigenvalue weighted by atomic mass is 9.96. The van der Waals surface area contributed by atoms with Crippen LogP contribution in [0.25, 0.3) is 0 Å². The van der Waals surface area contributed by atoms with Crippen molar-refractivity contribution in [3.8, 4) is 0 Å². The SMILES string of the molecule is CC(=O)OC/C=C1/O[C@H](COCc2ccccc2)[C@@H](OCc2ccccc2)[C@@H](OCc2ccccc2)[C@H]1OCc1ccccc1. The van der Waals surface area contributed by atoms with Crippen LogP contribution in [0.15, 0.2) is 133 Å². The van der Waals surface area contributed by atoms with Crippen LogP contribution in [0.1, 0.15) is 29.2 Å². The Morgan fingerprint density at radius 1 is 0.622 bits per heavy atom. The predicted octanol–water partition coefficient (Wildman–Crippen LogP) is 6.81. The predicted molar refractivity (Wildman–Crippen MR) is 171 cm³/mol. The number of carbonyl (C=O) groups excluding carboxylic acids is 1. The maximum Gasteiger partial charge on any atom is 0.302 e. The van der Waals surface area contributed by atoms with Crippen LogP contribution in [0.4, 0.5) is 0 Å². The van der Waals surface area contributed by atoms with E-state index < -0.39 is 24.4 Å². The zero-order chi connectivity index (χ0) is 31.1. The Kier molecular flexibility index (Phi) is 12.3. The third-order valence-corrected chi connectivity index (χ3v) is 7.36. The molecular formula is C38H40O7. The Hall–Kier alpha value is -4.27. The van der Waals surface area contributed by atoms with Gasteiger partial charge in [-0.3, -0.25) is 4.79 Å². The second-order valence-electron chi connectivity index (χ2n) is 10.8. The lowest BCUT2D eigenvalue weighted by molar-refractivity contribution is -0.223. The van der Waals surface area contributed by atoms with E-state index in [4.69, 9.17) is 28.4 Å². The molecule has 4 atom stereocenters. The molecule has 4 aromatic carbocycles. The molecule has 5 rings (SSSR count). The topological polar surface area (TPSA) is 72.5 Å². The van der Waals surface area contributed by atoms with E-state index in [2.05, 4.69) is 0 Å². The molecule has 0 bridgehead atoms. The van der Waals surface area contributed by atoms with Crippen molar-refractivity contribution in [1.29, 1.82) is 0 Å². The highest BCUT2D eigenvalue weighted by molar-refractivity contribution is 5.66. The minimum Gasteiger partial charge on any atom is -0.487 e. The number of ether oxygens (including phenoxy) is 6. The summed E-state index contributed by atoms with van der Waals surface area (Å²) in [5, 5.41) is 0. The summed E-state index contributed by atoms with van der Waals surface area (Å²) >= 11 is 0. The molecule has 1 fully saturated rings. The number of carbonyl (C=O) groups is 1. The zero-order valence-corrected chi connectivity index (χ0v) is 25.5. The normalized spacial score (nSPS) is 20.4. The zero-order valence-electron chi connectivity index (χ0n) is 25.5. The fourth-order valence-electron chi connectivity index (χ4n) is 5.11. The first-order chi connectivity index (χ1) is 22.2. The molecule has 4 aromatic rings. The fraction of sp³-hybridized carbons (Fsp3) is 0.289. The van der Waals surface area contributed by atoms with Crippen molar-refractivity contribution in [3.63, 3.8) is 0 Å². The van der Waals surface area contributed by atoms with Gasteiger partial charge < -0.3 is 28.4 Å². The molecule has 0 aliphatic carbocycles. The van der Waals surface area contributed by atoms with Gasteiger partial charge in [0.25, 0.3) is 0 Å². The summed E-state index contributed by atoms with van der Waals surface area (Å²) in [7, 11) is 0. The maximum atomic E-state index is 11.6. The van der Waals surface area contributed by atoms with E-state index in [-0.39, 0.29) is 19.2 Å². The molecule has 1 saturated heterocycles. The van der Waals surface area contributed by atoms with E-state index in [0.29, 0.717) is 32.2 Å². The molecule has 234 valence electrons. The van der Waals surface area contributed by atoms with Crippen LogP contribution < -0.4 is 0 Å². The number of hydrogen-bond donors (Lipinski definition) is 0. The van der Waals surface area contributed by atoms with Gasteiger partial charge in [0.1, 0.15) is 30.7 Å². The number of esters is 1. The number of hydrogen-bond acceptors (Lipinski definition) is 7. The Morgan fingerprint density at radius 3 is 1.56 bits per heavy atom. The van der Waals surface area contributed by atoms with Gasteiger partial charge in [0.05, 0.1) is 33.0 Å². The largest absolute Gasteiger partial charge is 0.487 e. The van der Waals surface area contributed by atoms with Crippen LogP contribution >= 0.6 is 0 Å². The maximum absolute atomic E-state index is 11.6. The Labute approximate surface area is 265 Å². The second-order valence-corrected chi connectivity index (χ2v) is 10.8. The molecule has 7 heteroatoms. The van der Waals surface area contributed by atoms with E-state index in [9.17, 15) is 4.79 Å². The van der Waals surface area contributed by atoms with Crippen LogP contribution in [0, 0.1) is 0 Å². The molecule has 0 unspecified atom stereocenters. The van der Waals surface area contributed by atoms with E-state index in [1.54, 1.807) is 6.08 Å². The van der Waals surface area contributed by atoms with Gasteiger partial charge in [-0.15, -0.1) is 0 Å². The number of benzene rings is 4. The molecule has 7 nitrogen and oxygen atoms in total. The lowest BCUT2D eigenvalue weighted by Gasteiger charge is -2.43. The summed E-state index contributed by atoms with van der Waals surface area (Å²) in [4.78, 5) is 11.6. The minimum absolute atomic E-state index is 0.0361. The van der Waals surface area contributed by atoms with Gasteiger partial charge in [0.2, 0.25) is 0 Å². The average Bonchev–Trinajstić information content (AvgIpc) is 3.08. The molecule has 1 aliphatic heterocycles.